The van der Waals surface area contributed by atoms with Crippen molar-refractivity contribution in [3.63, 3.8) is 0 Å². The monoisotopic (exact) mass is 336 g/mol. The molecule has 1 aliphatic rings. The summed E-state index contributed by atoms with van der Waals surface area (Å²) in [4.78, 5) is 15.9. The van der Waals surface area contributed by atoms with Crippen LogP contribution in [0, 0.1) is 11.3 Å². The van der Waals surface area contributed by atoms with E-state index in [-0.39, 0.29) is 0 Å². The van der Waals surface area contributed by atoms with E-state index in [0.717, 1.165) is 29.2 Å². The van der Waals surface area contributed by atoms with E-state index in [2.05, 4.69) is 31.0 Å². The molecule has 132 valence electrons. The summed E-state index contributed by atoms with van der Waals surface area (Å²) in [6, 6.07) is 11.6. The van der Waals surface area contributed by atoms with Gasteiger partial charge in [-0.2, -0.15) is 0 Å². The van der Waals surface area contributed by atoms with Crippen LogP contribution in [0.1, 0.15) is 62.0 Å². The van der Waals surface area contributed by atoms with Gasteiger partial charge >= 0.3 is 0 Å². The second-order valence-electron chi connectivity index (χ2n) is 8.13. The van der Waals surface area contributed by atoms with Crippen LogP contribution in [0.2, 0.25) is 0 Å². The van der Waals surface area contributed by atoms with Crippen LogP contribution in [0.15, 0.2) is 42.6 Å². The van der Waals surface area contributed by atoms with Crippen molar-refractivity contribution in [2.75, 3.05) is 0 Å². The van der Waals surface area contributed by atoms with Gasteiger partial charge in [0.15, 0.2) is 0 Å². The van der Waals surface area contributed by atoms with E-state index < -0.39 is 5.91 Å². The number of amides is 1. The van der Waals surface area contributed by atoms with Gasteiger partial charge in [-0.15, -0.1) is 0 Å². The third kappa shape index (κ3) is 4.68. The molecule has 25 heavy (non-hydrogen) atoms. The fourth-order valence-electron chi connectivity index (χ4n) is 3.69. The number of carbonyl (C=O) groups is 1. The molecule has 3 nitrogen and oxygen atoms in total. The molecule has 0 aliphatic heterocycles. The molecule has 0 radical (unpaired) electrons. The summed E-state index contributed by atoms with van der Waals surface area (Å²) >= 11 is 0. The minimum Gasteiger partial charge on any atom is -0.366 e. The minimum absolute atomic E-state index is 0.401. The van der Waals surface area contributed by atoms with E-state index in [0.29, 0.717) is 11.0 Å². The lowest BCUT2D eigenvalue weighted by atomic mass is 9.72. The lowest BCUT2D eigenvalue weighted by molar-refractivity contribution is 0.100. The lowest BCUT2D eigenvalue weighted by Crippen LogP contribution is -2.21. The number of hydrogen-bond acceptors (Lipinski definition) is 2. The van der Waals surface area contributed by atoms with Crippen LogP contribution in [0.5, 0.6) is 0 Å². The molecule has 2 aromatic rings. The first kappa shape index (κ1) is 17.7. The Kier molecular flexibility index (Phi) is 5.22. The highest BCUT2D eigenvalue weighted by Crippen LogP contribution is 2.39. The molecule has 1 aliphatic carbocycles. The molecule has 1 aromatic heterocycles. The summed E-state index contributed by atoms with van der Waals surface area (Å²) in [5, 5.41) is 0. The maximum absolute atomic E-state index is 11.3. The molecule has 1 saturated carbocycles. The Bertz CT molecular complexity index is 724. The van der Waals surface area contributed by atoms with Gasteiger partial charge in [-0.05, 0) is 73.6 Å². The minimum atomic E-state index is -0.401. The molecular weight excluding hydrogens is 308 g/mol. The fraction of sp³-hybridized carbons (Fsp3) is 0.455. The zero-order chi connectivity index (χ0) is 17.9. The SMILES string of the molecule is CC1(C)CCC(CCc2ccc(-c3cccc(C(N)=O)c3)cn2)CC1. The zero-order valence-electron chi connectivity index (χ0n) is 15.3. The third-order valence-corrected chi connectivity index (χ3v) is 5.57. The predicted molar refractivity (Wildman–Crippen MR) is 102 cm³/mol. The van der Waals surface area contributed by atoms with Crippen molar-refractivity contribution in [1.82, 2.24) is 4.98 Å². The van der Waals surface area contributed by atoms with Crippen LogP contribution in [-0.4, -0.2) is 10.9 Å². The normalized spacial score (nSPS) is 17.4. The topological polar surface area (TPSA) is 56.0 Å². The smallest absolute Gasteiger partial charge is 0.248 e. The number of benzene rings is 1. The van der Waals surface area contributed by atoms with Gasteiger partial charge in [-0.1, -0.05) is 32.0 Å². The zero-order valence-corrected chi connectivity index (χ0v) is 15.3. The van der Waals surface area contributed by atoms with Crippen molar-refractivity contribution >= 4 is 5.91 Å². The highest BCUT2D eigenvalue weighted by molar-refractivity contribution is 5.94. The Morgan fingerprint density at radius 1 is 1.16 bits per heavy atom. The molecule has 0 unspecified atom stereocenters. The van der Waals surface area contributed by atoms with Gasteiger partial charge in [-0.3, -0.25) is 9.78 Å². The summed E-state index contributed by atoms with van der Waals surface area (Å²) in [5.41, 5.74) is 9.57. The molecule has 0 saturated heterocycles. The van der Waals surface area contributed by atoms with Gasteiger partial charge in [0.2, 0.25) is 5.91 Å². The van der Waals surface area contributed by atoms with Crippen LogP contribution < -0.4 is 5.73 Å². The molecule has 1 fully saturated rings. The summed E-state index contributed by atoms with van der Waals surface area (Å²) in [5.74, 6) is 0.448. The number of nitrogens with two attached hydrogens (primary N) is 1. The van der Waals surface area contributed by atoms with Crippen molar-refractivity contribution in [3.05, 3.63) is 53.9 Å². The molecule has 1 heterocycles. The largest absolute Gasteiger partial charge is 0.366 e. The van der Waals surface area contributed by atoms with Gasteiger partial charge in [0.05, 0.1) is 0 Å². The lowest BCUT2D eigenvalue weighted by Gasteiger charge is -2.34. The number of carbonyl (C=O) groups excluding carboxylic acids is 1. The first-order valence-corrected chi connectivity index (χ1v) is 9.28. The maximum Gasteiger partial charge on any atom is 0.248 e. The van der Waals surface area contributed by atoms with E-state index in [1.54, 1.807) is 6.07 Å². The van der Waals surface area contributed by atoms with Crippen LogP contribution in [0.25, 0.3) is 11.1 Å². The number of aromatic nitrogens is 1. The van der Waals surface area contributed by atoms with Crippen molar-refractivity contribution < 1.29 is 4.79 Å². The van der Waals surface area contributed by atoms with E-state index in [4.69, 9.17) is 5.73 Å². The van der Waals surface area contributed by atoms with Crippen molar-refractivity contribution in [3.8, 4) is 11.1 Å². The molecule has 0 spiro atoms. The van der Waals surface area contributed by atoms with Gasteiger partial charge < -0.3 is 5.73 Å². The van der Waals surface area contributed by atoms with Crippen LogP contribution in [0.3, 0.4) is 0 Å². The first-order chi connectivity index (χ1) is 11.9. The number of nitrogens with zero attached hydrogens (tertiary/aromatic N) is 1. The molecule has 3 rings (SSSR count). The second-order valence-corrected chi connectivity index (χ2v) is 8.13. The molecule has 0 bridgehead atoms. The highest BCUT2D eigenvalue weighted by atomic mass is 16.1. The van der Waals surface area contributed by atoms with E-state index in [9.17, 15) is 4.79 Å². The molecular formula is C22H28N2O. The number of hydrogen-bond donors (Lipinski definition) is 1. The van der Waals surface area contributed by atoms with E-state index in [1.165, 1.54) is 32.1 Å². The Morgan fingerprint density at radius 2 is 1.92 bits per heavy atom. The van der Waals surface area contributed by atoms with Gasteiger partial charge in [0, 0.05) is 23.0 Å². The number of rotatable bonds is 5. The molecule has 2 N–H and O–H groups in total. The van der Waals surface area contributed by atoms with E-state index in [1.807, 2.05) is 24.4 Å². The third-order valence-electron chi connectivity index (χ3n) is 5.57. The van der Waals surface area contributed by atoms with Crippen LogP contribution in [0.4, 0.5) is 0 Å². The van der Waals surface area contributed by atoms with E-state index >= 15 is 0 Å². The Morgan fingerprint density at radius 3 is 2.56 bits per heavy atom. The second kappa shape index (κ2) is 7.38. The molecule has 1 aromatic carbocycles. The number of primary amides is 1. The predicted octanol–water partition coefficient (Wildman–Crippen LogP) is 5.00. The fourth-order valence-corrected chi connectivity index (χ4v) is 3.69. The highest BCUT2D eigenvalue weighted by Gasteiger charge is 2.26. The standard InChI is InChI=1S/C22H28N2O/c1-22(2)12-10-16(11-13-22)6-8-20-9-7-19(15-24-20)17-4-3-5-18(14-17)21(23)25/h3-5,7,9,14-16H,6,8,10-13H2,1-2H3,(H2,23,25). The Hall–Kier alpha value is -2.16. The van der Waals surface area contributed by atoms with Crippen molar-refractivity contribution in [1.29, 1.82) is 0 Å². The maximum atomic E-state index is 11.3. The first-order valence-electron chi connectivity index (χ1n) is 9.28. The number of pyridine rings is 1. The quantitative estimate of drug-likeness (QED) is 0.835. The number of aryl methyl sites for hydroxylation is 1. The van der Waals surface area contributed by atoms with Gasteiger partial charge in [0.1, 0.15) is 0 Å². The average Bonchev–Trinajstić information content (AvgIpc) is 2.61. The van der Waals surface area contributed by atoms with Gasteiger partial charge in [0.25, 0.3) is 0 Å². The van der Waals surface area contributed by atoms with Gasteiger partial charge in [-0.25, -0.2) is 0 Å². The van der Waals surface area contributed by atoms with Crippen molar-refractivity contribution in [2.24, 2.45) is 17.1 Å². The summed E-state index contributed by atoms with van der Waals surface area (Å²) in [7, 11) is 0. The van der Waals surface area contributed by atoms with Crippen LogP contribution >= 0.6 is 0 Å². The summed E-state index contributed by atoms with van der Waals surface area (Å²) in [6.45, 7) is 4.77. The Labute approximate surface area is 150 Å². The Balaban J connectivity index is 1.59. The summed E-state index contributed by atoms with van der Waals surface area (Å²) in [6.07, 6.45) is 9.59. The summed E-state index contributed by atoms with van der Waals surface area (Å²) < 4.78 is 0. The van der Waals surface area contributed by atoms with Crippen LogP contribution in [-0.2, 0) is 6.42 Å². The molecule has 1 amide bonds. The average molecular weight is 336 g/mol. The molecule has 0 atom stereocenters. The van der Waals surface area contributed by atoms with Crippen molar-refractivity contribution in [2.45, 2.75) is 52.4 Å². The molecule has 3 heteroatoms.